The van der Waals surface area contributed by atoms with Crippen LogP contribution in [0.2, 0.25) is 0 Å². The quantitative estimate of drug-likeness (QED) is 0.422. The Bertz CT molecular complexity index is 318. The molecule has 0 saturated carbocycles. The molecule has 0 amide bonds. The summed E-state index contributed by atoms with van der Waals surface area (Å²) in [6.07, 6.45) is -1.90. The third-order valence-corrected chi connectivity index (χ3v) is 1.67. The molecule has 0 spiro atoms. The predicted molar refractivity (Wildman–Crippen MR) is 38.0 cm³/mol. The fourth-order valence-electron chi connectivity index (χ4n) is 1.01. The number of ketones is 1. The molecule has 7 heteroatoms. The minimum absolute atomic E-state index is 0.983. The minimum atomic E-state index is -1.90. The first-order valence-electron chi connectivity index (χ1n) is 3.54. The molecule has 76 valence electrons. The van der Waals surface area contributed by atoms with Crippen LogP contribution >= 0.6 is 0 Å². The van der Waals surface area contributed by atoms with E-state index < -0.39 is 35.7 Å². The molecule has 2 unspecified atom stereocenters. The Hall–Kier alpha value is -1.92. The van der Waals surface area contributed by atoms with E-state index in [0.29, 0.717) is 0 Å². The first-order chi connectivity index (χ1) is 6.49. The van der Waals surface area contributed by atoms with E-state index in [1.54, 1.807) is 0 Å². The van der Waals surface area contributed by atoms with Crippen LogP contribution in [-0.2, 0) is 28.7 Å². The van der Waals surface area contributed by atoms with Crippen LogP contribution in [0.1, 0.15) is 0 Å². The minimum Gasteiger partial charge on any atom is -0.478 e. The maximum absolute atomic E-state index is 11.1. The zero-order valence-corrected chi connectivity index (χ0v) is 7.05. The van der Waals surface area contributed by atoms with Gasteiger partial charge in [-0.3, -0.25) is 14.4 Å². The fraction of sp³-hybridized carbons (Fsp3) is 0.429. The van der Waals surface area contributed by atoms with Crippen LogP contribution in [0.5, 0.6) is 0 Å². The van der Waals surface area contributed by atoms with Crippen LogP contribution < -0.4 is 0 Å². The molecule has 1 fully saturated rings. The van der Waals surface area contributed by atoms with Crippen molar-refractivity contribution in [1.82, 2.24) is 0 Å². The number of aliphatic carboxylic acids is 1. The van der Waals surface area contributed by atoms with Gasteiger partial charge in [0.05, 0.1) is 7.11 Å². The number of rotatable bonds is 2. The average molecular weight is 202 g/mol. The molecule has 14 heavy (non-hydrogen) atoms. The Balaban J connectivity index is 2.91. The summed E-state index contributed by atoms with van der Waals surface area (Å²) in [5, 5.41) is 8.42. The molecular weight excluding hydrogens is 196 g/mol. The molecule has 1 saturated heterocycles. The smallest absolute Gasteiger partial charge is 0.352 e. The third-order valence-electron chi connectivity index (χ3n) is 1.67. The van der Waals surface area contributed by atoms with Gasteiger partial charge in [-0.15, -0.1) is 0 Å². The van der Waals surface area contributed by atoms with Gasteiger partial charge in [-0.2, -0.15) is 0 Å². The molecule has 0 radical (unpaired) electrons. The van der Waals surface area contributed by atoms with E-state index in [2.05, 4.69) is 9.47 Å². The van der Waals surface area contributed by atoms with E-state index in [4.69, 9.17) is 5.11 Å². The van der Waals surface area contributed by atoms with Gasteiger partial charge in [0.1, 0.15) is 0 Å². The Kier molecular flexibility index (Phi) is 2.50. The summed E-state index contributed by atoms with van der Waals surface area (Å²) in [5.74, 6) is -6.76. The van der Waals surface area contributed by atoms with Crippen molar-refractivity contribution in [3.8, 4) is 0 Å². The van der Waals surface area contributed by atoms with Crippen molar-refractivity contribution in [2.45, 2.75) is 6.10 Å². The predicted octanol–water partition coefficient (Wildman–Crippen LogP) is -1.65. The van der Waals surface area contributed by atoms with Gasteiger partial charge in [-0.25, -0.2) is 4.79 Å². The standard InChI is InChI=1S/C7H6O7/c1-13-6(11)2-3(8)4(5(9)10)14-7(2)12/h2,4H,1H3,(H,9,10). The largest absolute Gasteiger partial charge is 0.478 e. The molecule has 0 bridgehead atoms. The van der Waals surface area contributed by atoms with Gasteiger partial charge in [-0.1, -0.05) is 0 Å². The molecule has 1 heterocycles. The highest BCUT2D eigenvalue weighted by Gasteiger charge is 2.52. The van der Waals surface area contributed by atoms with Gasteiger partial charge in [0.25, 0.3) is 6.10 Å². The zero-order valence-electron chi connectivity index (χ0n) is 7.05. The van der Waals surface area contributed by atoms with E-state index in [1.807, 2.05) is 0 Å². The van der Waals surface area contributed by atoms with Crippen molar-refractivity contribution in [2.24, 2.45) is 5.92 Å². The number of carbonyl (C=O) groups excluding carboxylic acids is 3. The number of carboxylic acid groups (broad SMARTS) is 1. The fourth-order valence-corrected chi connectivity index (χ4v) is 1.01. The van der Waals surface area contributed by atoms with Gasteiger partial charge in [0.15, 0.2) is 0 Å². The van der Waals surface area contributed by atoms with Crippen molar-refractivity contribution < 1.29 is 33.8 Å². The summed E-state index contributed by atoms with van der Waals surface area (Å²) >= 11 is 0. The van der Waals surface area contributed by atoms with Crippen LogP contribution in [0.4, 0.5) is 0 Å². The van der Waals surface area contributed by atoms with Crippen LogP contribution in [0, 0.1) is 5.92 Å². The third kappa shape index (κ3) is 1.43. The number of cyclic esters (lactones) is 1. The number of ether oxygens (including phenoxy) is 2. The van der Waals surface area contributed by atoms with Crippen molar-refractivity contribution in [3.63, 3.8) is 0 Å². The Morgan fingerprint density at radius 3 is 2.36 bits per heavy atom. The highest BCUT2D eigenvalue weighted by Crippen LogP contribution is 2.18. The lowest BCUT2D eigenvalue weighted by Gasteiger charge is -1.99. The number of Topliss-reactive ketones (excluding diaryl/α,β-unsaturated/α-hetero) is 1. The van der Waals surface area contributed by atoms with Crippen molar-refractivity contribution in [1.29, 1.82) is 0 Å². The van der Waals surface area contributed by atoms with Gasteiger partial charge in [-0.05, 0) is 0 Å². The first kappa shape index (κ1) is 10.2. The number of hydrogen-bond donors (Lipinski definition) is 1. The zero-order chi connectivity index (χ0) is 10.9. The number of carbonyl (C=O) groups is 4. The van der Waals surface area contributed by atoms with E-state index in [1.165, 1.54) is 0 Å². The second-order valence-electron chi connectivity index (χ2n) is 2.51. The first-order valence-corrected chi connectivity index (χ1v) is 3.54. The summed E-state index contributed by atoms with van der Waals surface area (Å²) in [5.41, 5.74) is 0. The Labute approximate surface area is 77.6 Å². The number of carboxylic acids is 1. The molecule has 1 rings (SSSR count). The van der Waals surface area contributed by atoms with Gasteiger partial charge in [0, 0.05) is 0 Å². The number of methoxy groups -OCH3 is 1. The maximum atomic E-state index is 11.1. The molecule has 0 aromatic heterocycles. The van der Waals surface area contributed by atoms with Crippen LogP contribution in [0.3, 0.4) is 0 Å². The molecule has 2 atom stereocenters. The van der Waals surface area contributed by atoms with Crippen LogP contribution in [-0.4, -0.2) is 42.0 Å². The topological polar surface area (TPSA) is 107 Å². The van der Waals surface area contributed by atoms with E-state index in [0.717, 1.165) is 7.11 Å². The van der Waals surface area contributed by atoms with Crippen LogP contribution in [0.15, 0.2) is 0 Å². The Morgan fingerprint density at radius 1 is 1.43 bits per heavy atom. The summed E-state index contributed by atoms with van der Waals surface area (Å²) in [6.45, 7) is 0. The Morgan fingerprint density at radius 2 is 2.00 bits per heavy atom. The molecule has 7 nitrogen and oxygen atoms in total. The van der Waals surface area contributed by atoms with Crippen molar-refractivity contribution in [2.75, 3.05) is 7.11 Å². The molecular formula is C7H6O7. The maximum Gasteiger partial charge on any atom is 0.352 e. The average Bonchev–Trinajstić information content (AvgIpc) is 2.41. The summed E-state index contributed by atoms with van der Waals surface area (Å²) in [4.78, 5) is 43.3. The molecule has 1 aliphatic rings. The highest BCUT2D eigenvalue weighted by atomic mass is 16.6. The van der Waals surface area contributed by atoms with Gasteiger partial charge >= 0.3 is 17.9 Å². The lowest BCUT2D eigenvalue weighted by Crippen LogP contribution is -2.32. The van der Waals surface area contributed by atoms with E-state index in [9.17, 15) is 19.2 Å². The molecule has 0 aromatic rings. The van der Waals surface area contributed by atoms with Crippen molar-refractivity contribution in [3.05, 3.63) is 0 Å². The highest BCUT2D eigenvalue weighted by molar-refractivity contribution is 6.24. The molecule has 0 aromatic carbocycles. The number of hydrogen-bond acceptors (Lipinski definition) is 6. The van der Waals surface area contributed by atoms with E-state index >= 15 is 0 Å². The summed E-state index contributed by atoms with van der Waals surface area (Å²) in [6, 6.07) is 0. The molecule has 1 aliphatic heterocycles. The summed E-state index contributed by atoms with van der Waals surface area (Å²) in [7, 11) is 0.983. The lowest BCUT2D eigenvalue weighted by atomic mass is 10.0. The number of esters is 2. The SMILES string of the molecule is COC(=O)C1C(=O)OC(C(=O)O)C1=O. The molecule has 1 N–H and O–H groups in total. The van der Waals surface area contributed by atoms with Gasteiger partial charge in [0.2, 0.25) is 11.7 Å². The summed E-state index contributed by atoms with van der Waals surface area (Å²) < 4.78 is 8.33. The van der Waals surface area contributed by atoms with Crippen molar-refractivity contribution >= 4 is 23.7 Å². The lowest BCUT2D eigenvalue weighted by molar-refractivity contribution is -0.160. The second-order valence-corrected chi connectivity index (χ2v) is 2.51. The van der Waals surface area contributed by atoms with E-state index in [-0.39, 0.29) is 0 Å². The monoisotopic (exact) mass is 202 g/mol. The normalized spacial score (nSPS) is 25.8. The van der Waals surface area contributed by atoms with Gasteiger partial charge < -0.3 is 14.6 Å². The second kappa shape index (κ2) is 3.44. The van der Waals surface area contributed by atoms with Crippen LogP contribution in [0.25, 0.3) is 0 Å². The molecule has 0 aliphatic carbocycles.